The molecule has 0 aliphatic carbocycles. The van der Waals surface area contributed by atoms with E-state index in [1.807, 2.05) is 0 Å². The molecule has 0 fully saturated rings. The van der Waals surface area contributed by atoms with Crippen molar-refractivity contribution in [2.45, 2.75) is 0 Å². The van der Waals surface area contributed by atoms with Gasteiger partial charge in [0.1, 0.15) is 0 Å². The van der Waals surface area contributed by atoms with Crippen molar-refractivity contribution in [3.8, 4) is 0 Å². The molecule has 0 bridgehead atoms. The Balaban J connectivity index is 0. The van der Waals surface area contributed by atoms with Crippen molar-refractivity contribution in [3.63, 3.8) is 0 Å². The van der Waals surface area contributed by atoms with Crippen LogP contribution in [0.25, 0.3) is 0 Å². The number of halogens is 4. The SMILES string of the molecule is [Cl-].[Hf+4].[I-].[I-].[I-]. The number of hydrogen-bond acceptors (Lipinski definition) is 0. The van der Waals surface area contributed by atoms with Gasteiger partial charge < -0.3 is 84.3 Å². The first-order valence-corrected chi connectivity index (χ1v) is 0. The van der Waals surface area contributed by atoms with Crippen molar-refractivity contribution in [2.75, 3.05) is 0 Å². The van der Waals surface area contributed by atoms with Crippen molar-refractivity contribution < 1.29 is 110 Å². The molecule has 0 rings (SSSR count). The summed E-state index contributed by atoms with van der Waals surface area (Å²) in [5, 5.41) is 0. The summed E-state index contributed by atoms with van der Waals surface area (Å²) in [4.78, 5) is 0. The third-order valence-electron chi connectivity index (χ3n) is 0. The van der Waals surface area contributed by atoms with Crippen molar-refractivity contribution in [1.82, 2.24) is 0 Å². The first kappa shape index (κ1) is 40.2. The van der Waals surface area contributed by atoms with Crippen LogP contribution in [-0.4, -0.2) is 0 Å². The third kappa shape index (κ3) is 18.7. The summed E-state index contributed by atoms with van der Waals surface area (Å²) in [6.07, 6.45) is 0. The van der Waals surface area contributed by atoms with Crippen molar-refractivity contribution >= 4 is 0 Å². The second kappa shape index (κ2) is 26.4. The smallest absolute Gasteiger partial charge is 1.00 e. The Morgan fingerprint density at radius 3 is 0.600 bits per heavy atom. The van der Waals surface area contributed by atoms with Crippen LogP contribution in [0.5, 0.6) is 0 Å². The van der Waals surface area contributed by atoms with E-state index in [1.165, 1.54) is 0 Å². The van der Waals surface area contributed by atoms with E-state index in [0.29, 0.717) is 0 Å². The molecule has 0 saturated carbocycles. The molecule has 0 amide bonds. The molecule has 5 heavy (non-hydrogen) atoms. The molecule has 0 atom stereocenters. The largest absolute Gasteiger partial charge is 4.00 e. The molecular formula is ClHfI3. The summed E-state index contributed by atoms with van der Waals surface area (Å²) >= 11 is 0. The van der Waals surface area contributed by atoms with E-state index in [9.17, 15) is 0 Å². The zero-order valence-corrected chi connectivity index (χ0v) is 12.8. The van der Waals surface area contributed by atoms with Crippen LogP contribution < -0.4 is 84.3 Å². The molecule has 0 heterocycles. The summed E-state index contributed by atoms with van der Waals surface area (Å²) in [6.45, 7) is 0. The van der Waals surface area contributed by atoms with Gasteiger partial charge in [0, 0.05) is 0 Å². The standard InChI is InChI=1S/ClH.Hf.3HI/h1H;;3*1H/q;+4;;;/p-4. The fourth-order valence-corrected chi connectivity index (χ4v) is 0. The summed E-state index contributed by atoms with van der Waals surface area (Å²) in [5.41, 5.74) is 0. The molecule has 0 radical (unpaired) electrons. The zero-order chi connectivity index (χ0) is 0. The predicted octanol–water partition coefficient (Wildman–Crippen LogP) is -12.0. The maximum atomic E-state index is 0. The van der Waals surface area contributed by atoms with Gasteiger partial charge in [0.25, 0.3) is 0 Å². The maximum Gasteiger partial charge on any atom is 4.00 e. The van der Waals surface area contributed by atoms with Crippen LogP contribution in [0.3, 0.4) is 0 Å². The van der Waals surface area contributed by atoms with Crippen molar-refractivity contribution in [1.29, 1.82) is 0 Å². The molecule has 5 heteroatoms. The average molecular weight is 595 g/mol. The fourth-order valence-electron chi connectivity index (χ4n) is 0. The van der Waals surface area contributed by atoms with Crippen LogP contribution in [-0.2, 0) is 25.8 Å². The van der Waals surface area contributed by atoms with Crippen LogP contribution >= 0.6 is 0 Å². The molecule has 0 N–H and O–H groups in total. The van der Waals surface area contributed by atoms with Gasteiger partial charge in [0.15, 0.2) is 0 Å². The van der Waals surface area contributed by atoms with E-state index >= 15 is 0 Å². The van der Waals surface area contributed by atoms with E-state index in [-0.39, 0.29) is 110 Å². The minimum atomic E-state index is 0. The number of rotatable bonds is 0. The van der Waals surface area contributed by atoms with Crippen molar-refractivity contribution in [2.24, 2.45) is 0 Å². The second-order valence-corrected chi connectivity index (χ2v) is 0. The quantitative estimate of drug-likeness (QED) is 0.193. The van der Waals surface area contributed by atoms with E-state index < -0.39 is 0 Å². The molecule has 32 valence electrons. The minimum Gasteiger partial charge on any atom is -1.00 e. The molecule has 0 aromatic rings. The normalized spacial score (nSPS) is 0. The van der Waals surface area contributed by atoms with Gasteiger partial charge in [-0.25, -0.2) is 0 Å². The molecule has 0 unspecified atom stereocenters. The monoisotopic (exact) mass is 596 g/mol. The molecule has 0 saturated heterocycles. The van der Waals surface area contributed by atoms with Gasteiger partial charge in [-0.3, -0.25) is 0 Å². The average Bonchev–Trinajstić information content (AvgIpc) is 0. The van der Waals surface area contributed by atoms with Crippen molar-refractivity contribution in [3.05, 3.63) is 0 Å². The summed E-state index contributed by atoms with van der Waals surface area (Å²) < 4.78 is 0. The van der Waals surface area contributed by atoms with Crippen LogP contribution in [0.4, 0.5) is 0 Å². The van der Waals surface area contributed by atoms with Gasteiger partial charge in [-0.2, -0.15) is 0 Å². The molecule has 0 aromatic heterocycles. The summed E-state index contributed by atoms with van der Waals surface area (Å²) in [7, 11) is 0. The van der Waals surface area contributed by atoms with E-state index in [0.717, 1.165) is 0 Å². The maximum absolute atomic E-state index is 0. The molecule has 0 aliphatic rings. The molecule has 0 spiro atoms. The van der Waals surface area contributed by atoms with Gasteiger partial charge in [0.2, 0.25) is 0 Å². The minimum absolute atomic E-state index is 0. The van der Waals surface area contributed by atoms with Gasteiger partial charge >= 0.3 is 25.8 Å². The van der Waals surface area contributed by atoms with E-state index in [2.05, 4.69) is 0 Å². The first-order chi connectivity index (χ1) is 0. The Hall–Kier alpha value is 3.35. The molecule has 0 aliphatic heterocycles. The molecule has 0 nitrogen and oxygen atoms in total. The molecule has 0 aromatic carbocycles. The summed E-state index contributed by atoms with van der Waals surface area (Å²) in [5.74, 6) is 0. The second-order valence-electron chi connectivity index (χ2n) is 0. The Morgan fingerprint density at radius 2 is 0.600 bits per heavy atom. The van der Waals surface area contributed by atoms with Crippen LogP contribution in [0.15, 0.2) is 0 Å². The predicted molar refractivity (Wildman–Crippen MR) is 0 cm³/mol. The van der Waals surface area contributed by atoms with Crippen LogP contribution in [0, 0.1) is 0 Å². The fraction of sp³-hybridized carbons (Fsp3) is 0. The molecular weight excluding hydrogens is 595 g/mol. The van der Waals surface area contributed by atoms with Gasteiger partial charge in [0.05, 0.1) is 0 Å². The third-order valence-corrected chi connectivity index (χ3v) is 0. The Morgan fingerprint density at radius 1 is 0.600 bits per heavy atom. The van der Waals surface area contributed by atoms with E-state index in [4.69, 9.17) is 0 Å². The first-order valence-electron chi connectivity index (χ1n) is 0. The van der Waals surface area contributed by atoms with Crippen LogP contribution in [0.1, 0.15) is 0 Å². The van der Waals surface area contributed by atoms with Gasteiger partial charge in [-0.05, 0) is 0 Å². The number of hydrogen-bond donors (Lipinski definition) is 0. The van der Waals surface area contributed by atoms with E-state index in [1.54, 1.807) is 0 Å². The van der Waals surface area contributed by atoms with Gasteiger partial charge in [-0.1, -0.05) is 0 Å². The Labute approximate surface area is 108 Å². The Kier molecular flexibility index (Phi) is 212. The summed E-state index contributed by atoms with van der Waals surface area (Å²) in [6, 6.07) is 0. The topological polar surface area (TPSA) is 0 Å². The Bertz CT molecular complexity index is 6.85. The van der Waals surface area contributed by atoms with Gasteiger partial charge in [-0.15, -0.1) is 0 Å². The zero-order valence-electron chi connectivity index (χ0n) is 2.01. The van der Waals surface area contributed by atoms with Crippen LogP contribution in [0.2, 0.25) is 0 Å².